The minimum atomic E-state index is 0.318. The Hall–Kier alpha value is 0.270. The maximum absolute atomic E-state index is 8.63. The van der Waals surface area contributed by atoms with Crippen LogP contribution in [0.5, 0.6) is 0 Å². The summed E-state index contributed by atoms with van der Waals surface area (Å²) in [6.07, 6.45) is 6.72. The maximum atomic E-state index is 8.63. The van der Waals surface area contributed by atoms with Gasteiger partial charge in [0.1, 0.15) is 0 Å². The summed E-state index contributed by atoms with van der Waals surface area (Å²) in [6, 6.07) is 0.557. The zero-order valence-corrected chi connectivity index (χ0v) is 9.70. The number of aliphatic hydroxyl groups excluding tert-OH is 1. The molecule has 0 amide bonds. The summed E-state index contributed by atoms with van der Waals surface area (Å²) < 4.78 is 0. The molecule has 1 unspecified atom stereocenters. The SMILES string of the molecule is CSCCCCNC(C)CCCO. The Morgan fingerprint density at radius 2 is 2.08 bits per heavy atom. The molecule has 0 rings (SSSR count). The fourth-order valence-corrected chi connectivity index (χ4v) is 1.71. The van der Waals surface area contributed by atoms with E-state index in [-0.39, 0.29) is 0 Å². The summed E-state index contributed by atoms with van der Waals surface area (Å²) in [4.78, 5) is 0. The van der Waals surface area contributed by atoms with Gasteiger partial charge in [-0.3, -0.25) is 0 Å². The molecule has 2 N–H and O–H groups in total. The summed E-state index contributed by atoms with van der Waals surface area (Å²) in [5.74, 6) is 1.27. The fourth-order valence-electron chi connectivity index (χ4n) is 1.22. The molecule has 0 radical (unpaired) electrons. The van der Waals surface area contributed by atoms with Crippen molar-refractivity contribution in [2.24, 2.45) is 0 Å². The van der Waals surface area contributed by atoms with E-state index in [9.17, 15) is 0 Å². The van der Waals surface area contributed by atoms with Gasteiger partial charge in [0.2, 0.25) is 0 Å². The number of unbranched alkanes of at least 4 members (excludes halogenated alkanes) is 1. The van der Waals surface area contributed by atoms with Crippen LogP contribution in [0.1, 0.15) is 32.6 Å². The lowest BCUT2D eigenvalue weighted by Gasteiger charge is -2.12. The summed E-state index contributed by atoms with van der Waals surface area (Å²) in [6.45, 7) is 3.62. The van der Waals surface area contributed by atoms with Crippen molar-refractivity contribution in [2.45, 2.75) is 38.6 Å². The van der Waals surface area contributed by atoms with Gasteiger partial charge in [0.15, 0.2) is 0 Å². The molecule has 0 aromatic heterocycles. The molecule has 0 fully saturated rings. The van der Waals surface area contributed by atoms with E-state index in [0.717, 1.165) is 19.4 Å². The van der Waals surface area contributed by atoms with E-state index >= 15 is 0 Å². The van der Waals surface area contributed by atoms with Crippen LogP contribution in [-0.2, 0) is 0 Å². The number of rotatable bonds is 9. The van der Waals surface area contributed by atoms with E-state index in [1.165, 1.54) is 18.6 Å². The molecule has 0 heterocycles. The van der Waals surface area contributed by atoms with Crippen molar-refractivity contribution >= 4 is 11.8 Å². The zero-order chi connectivity index (χ0) is 9.94. The summed E-state index contributed by atoms with van der Waals surface area (Å²) >= 11 is 1.91. The first-order valence-corrected chi connectivity index (χ1v) is 6.53. The van der Waals surface area contributed by atoms with E-state index in [0.29, 0.717) is 12.6 Å². The van der Waals surface area contributed by atoms with Crippen LogP contribution in [0.2, 0.25) is 0 Å². The molecular weight excluding hydrogens is 182 g/mol. The van der Waals surface area contributed by atoms with Crippen LogP contribution in [-0.4, -0.2) is 36.3 Å². The van der Waals surface area contributed by atoms with Gasteiger partial charge < -0.3 is 10.4 Å². The first-order valence-electron chi connectivity index (χ1n) is 5.14. The molecule has 0 bridgehead atoms. The molecule has 0 aliphatic carbocycles. The van der Waals surface area contributed by atoms with Crippen molar-refractivity contribution in [1.82, 2.24) is 5.32 Å². The summed E-state index contributed by atoms with van der Waals surface area (Å²) in [7, 11) is 0. The molecule has 0 aromatic rings. The van der Waals surface area contributed by atoms with E-state index in [1.54, 1.807) is 0 Å². The molecule has 0 saturated carbocycles. The monoisotopic (exact) mass is 205 g/mol. The van der Waals surface area contributed by atoms with Crippen LogP contribution >= 0.6 is 11.8 Å². The summed E-state index contributed by atoms with van der Waals surface area (Å²) in [5.41, 5.74) is 0. The fraction of sp³-hybridized carbons (Fsp3) is 1.00. The highest BCUT2D eigenvalue weighted by atomic mass is 32.2. The summed E-state index contributed by atoms with van der Waals surface area (Å²) in [5, 5.41) is 12.1. The van der Waals surface area contributed by atoms with Gasteiger partial charge in [-0.15, -0.1) is 0 Å². The third-order valence-electron chi connectivity index (χ3n) is 2.06. The van der Waals surface area contributed by atoms with Crippen LogP contribution in [0, 0.1) is 0 Å². The number of thioether (sulfide) groups is 1. The topological polar surface area (TPSA) is 32.3 Å². The Morgan fingerprint density at radius 1 is 1.31 bits per heavy atom. The molecular formula is C10H23NOS. The van der Waals surface area contributed by atoms with Crippen molar-refractivity contribution in [3.05, 3.63) is 0 Å². The van der Waals surface area contributed by atoms with Gasteiger partial charge in [-0.25, -0.2) is 0 Å². The van der Waals surface area contributed by atoms with Gasteiger partial charge in [0.25, 0.3) is 0 Å². The first-order chi connectivity index (χ1) is 6.31. The molecule has 0 spiro atoms. The third-order valence-corrected chi connectivity index (χ3v) is 2.76. The van der Waals surface area contributed by atoms with Gasteiger partial charge in [-0.1, -0.05) is 0 Å². The van der Waals surface area contributed by atoms with Gasteiger partial charge >= 0.3 is 0 Å². The maximum Gasteiger partial charge on any atom is 0.0431 e. The molecule has 1 atom stereocenters. The Bertz CT molecular complexity index is 101. The Balaban J connectivity index is 3.03. The van der Waals surface area contributed by atoms with Crippen LogP contribution in [0.15, 0.2) is 0 Å². The standard InChI is InChI=1S/C10H23NOS/c1-10(6-5-8-12)11-7-3-4-9-13-2/h10-12H,3-9H2,1-2H3. The largest absolute Gasteiger partial charge is 0.396 e. The molecule has 13 heavy (non-hydrogen) atoms. The van der Waals surface area contributed by atoms with E-state index in [1.807, 2.05) is 11.8 Å². The zero-order valence-electron chi connectivity index (χ0n) is 8.88. The lowest BCUT2D eigenvalue weighted by molar-refractivity contribution is 0.276. The minimum absolute atomic E-state index is 0.318. The Morgan fingerprint density at radius 3 is 2.69 bits per heavy atom. The van der Waals surface area contributed by atoms with Crippen molar-refractivity contribution < 1.29 is 5.11 Å². The second kappa shape index (κ2) is 10.4. The lowest BCUT2D eigenvalue weighted by atomic mass is 10.2. The Kier molecular flexibility index (Phi) is 10.6. The number of aliphatic hydroxyl groups is 1. The van der Waals surface area contributed by atoms with E-state index < -0.39 is 0 Å². The molecule has 0 aliphatic rings. The number of nitrogens with one attached hydrogen (secondary N) is 1. The molecule has 3 heteroatoms. The van der Waals surface area contributed by atoms with Crippen LogP contribution in [0.4, 0.5) is 0 Å². The highest BCUT2D eigenvalue weighted by Gasteiger charge is 1.98. The molecule has 2 nitrogen and oxygen atoms in total. The van der Waals surface area contributed by atoms with Crippen LogP contribution in [0.25, 0.3) is 0 Å². The van der Waals surface area contributed by atoms with E-state index in [4.69, 9.17) is 5.11 Å². The Labute approximate surface area is 86.5 Å². The average molecular weight is 205 g/mol. The first kappa shape index (κ1) is 13.3. The normalized spacial score (nSPS) is 13.2. The smallest absolute Gasteiger partial charge is 0.0431 e. The van der Waals surface area contributed by atoms with Crippen molar-refractivity contribution in [1.29, 1.82) is 0 Å². The quantitative estimate of drug-likeness (QED) is 0.564. The van der Waals surface area contributed by atoms with Gasteiger partial charge in [0.05, 0.1) is 0 Å². The van der Waals surface area contributed by atoms with E-state index in [2.05, 4.69) is 18.5 Å². The van der Waals surface area contributed by atoms with Gasteiger partial charge in [0, 0.05) is 12.6 Å². The predicted octanol–water partition coefficient (Wildman–Crippen LogP) is 1.88. The predicted molar refractivity (Wildman–Crippen MR) is 61.4 cm³/mol. The van der Waals surface area contributed by atoms with Crippen molar-refractivity contribution in [3.8, 4) is 0 Å². The molecule has 80 valence electrons. The van der Waals surface area contributed by atoms with Crippen LogP contribution < -0.4 is 5.32 Å². The molecule has 0 saturated heterocycles. The average Bonchev–Trinajstić information content (AvgIpc) is 2.14. The van der Waals surface area contributed by atoms with Crippen molar-refractivity contribution in [2.75, 3.05) is 25.2 Å². The highest BCUT2D eigenvalue weighted by molar-refractivity contribution is 7.98. The van der Waals surface area contributed by atoms with Gasteiger partial charge in [-0.2, -0.15) is 11.8 Å². The van der Waals surface area contributed by atoms with Crippen molar-refractivity contribution in [3.63, 3.8) is 0 Å². The second-order valence-electron chi connectivity index (χ2n) is 3.42. The third kappa shape index (κ3) is 10.2. The number of hydrogen-bond donors (Lipinski definition) is 2. The molecule has 0 aromatic carbocycles. The number of hydrogen-bond acceptors (Lipinski definition) is 3. The second-order valence-corrected chi connectivity index (χ2v) is 4.41. The minimum Gasteiger partial charge on any atom is -0.396 e. The van der Waals surface area contributed by atoms with Crippen LogP contribution in [0.3, 0.4) is 0 Å². The lowest BCUT2D eigenvalue weighted by Crippen LogP contribution is -2.27. The molecule has 0 aliphatic heterocycles. The highest BCUT2D eigenvalue weighted by Crippen LogP contribution is 1.99. The van der Waals surface area contributed by atoms with Gasteiger partial charge in [-0.05, 0) is 51.2 Å².